The van der Waals surface area contributed by atoms with Crippen LogP contribution < -0.4 is 11.3 Å². The molecule has 0 bridgehead atoms. The summed E-state index contributed by atoms with van der Waals surface area (Å²) in [6, 6.07) is 3.31. The Labute approximate surface area is 101 Å². The van der Waals surface area contributed by atoms with Crippen LogP contribution in [-0.2, 0) is 0 Å². The lowest BCUT2D eigenvalue weighted by atomic mass is 10.2. The van der Waals surface area contributed by atoms with Crippen LogP contribution in [0, 0.1) is 0 Å². The van der Waals surface area contributed by atoms with Gasteiger partial charge in [0, 0.05) is 31.9 Å². The van der Waals surface area contributed by atoms with E-state index in [1.165, 1.54) is 0 Å². The molecule has 0 aromatic carbocycles. The highest BCUT2D eigenvalue weighted by molar-refractivity contribution is 5.94. The Hall–Kier alpha value is -1.66. The molecule has 3 N–H and O–H groups in total. The normalized spacial score (nSPS) is 10.4. The first-order valence-electron chi connectivity index (χ1n) is 5.37. The van der Waals surface area contributed by atoms with Gasteiger partial charge < -0.3 is 15.2 Å². The number of pyridine rings is 1. The zero-order chi connectivity index (χ0) is 12.8. The summed E-state index contributed by atoms with van der Waals surface area (Å²) in [5.74, 6) is 5.70. The molecule has 1 aromatic heterocycles. The molecule has 0 spiro atoms. The van der Waals surface area contributed by atoms with Gasteiger partial charge in [0.2, 0.25) is 0 Å². The van der Waals surface area contributed by atoms with Crippen LogP contribution in [0.3, 0.4) is 0 Å². The van der Waals surface area contributed by atoms with Crippen molar-refractivity contribution in [2.24, 2.45) is 5.84 Å². The maximum absolute atomic E-state index is 12.0. The molecule has 17 heavy (non-hydrogen) atoms. The van der Waals surface area contributed by atoms with Crippen LogP contribution in [0.25, 0.3) is 0 Å². The molecule has 0 saturated carbocycles. The number of carbonyl (C=O) groups excluding carboxylic acids is 1. The molecule has 1 rings (SSSR count). The van der Waals surface area contributed by atoms with Crippen molar-refractivity contribution >= 4 is 11.7 Å². The highest BCUT2D eigenvalue weighted by Crippen LogP contribution is 2.07. The van der Waals surface area contributed by atoms with Crippen LogP contribution in [0.1, 0.15) is 10.4 Å². The number of nitrogen functional groups attached to an aromatic ring is 1. The third-order valence-corrected chi connectivity index (χ3v) is 2.38. The van der Waals surface area contributed by atoms with E-state index in [9.17, 15) is 4.79 Å². The predicted octanol–water partition coefficient (Wildman–Crippen LogP) is 0.000800. The highest BCUT2D eigenvalue weighted by atomic mass is 16.2. The third-order valence-electron chi connectivity index (χ3n) is 2.38. The monoisotopic (exact) mass is 237 g/mol. The van der Waals surface area contributed by atoms with Crippen LogP contribution >= 0.6 is 0 Å². The summed E-state index contributed by atoms with van der Waals surface area (Å²) in [4.78, 5) is 19.7. The van der Waals surface area contributed by atoms with Gasteiger partial charge in [-0.25, -0.2) is 10.8 Å². The van der Waals surface area contributed by atoms with Gasteiger partial charge in [-0.3, -0.25) is 4.79 Å². The zero-order valence-corrected chi connectivity index (χ0v) is 10.5. The molecule has 6 nitrogen and oxygen atoms in total. The maximum Gasteiger partial charge on any atom is 0.253 e. The zero-order valence-electron chi connectivity index (χ0n) is 10.5. The number of rotatable bonds is 5. The number of anilines is 1. The summed E-state index contributed by atoms with van der Waals surface area (Å²) in [5, 5.41) is 0. The minimum Gasteiger partial charge on any atom is -0.340 e. The van der Waals surface area contributed by atoms with Crippen LogP contribution in [0.15, 0.2) is 18.3 Å². The second-order valence-corrected chi connectivity index (χ2v) is 4.10. The molecular formula is C11H19N5O. The van der Waals surface area contributed by atoms with Gasteiger partial charge in [-0.2, -0.15) is 0 Å². The molecule has 0 aliphatic rings. The molecule has 0 saturated heterocycles. The van der Waals surface area contributed by atoms with E-state index in [2.05, 4.69) is 10.4 Å². The summed E-state index contributed by atoms with van der Waals surface area (Å²) in [6.45, 7) is 1.51. The highest BCUT2D eigenvalue weighted by Gasteiger charge is 2.12. The molecular weight excluding hydrogens is 218 g/mol. The van der Waals surface area contributed by atoms with Crippen LogP contribution in [0.2, 0.25) is 0 Å². The lowest BCUT2D eigenvalue weighted by Crippen LogP contribution is -2.33. The van der Waals surface area contributed by atoms with Gasteiger partial charge in [0.25, 0.3) is 5.91 Å². The van der Waals surface area contributed by atoms with Crippen LogP contribution in [0.4, 0.5) is 5.82 Å². The Morgan fingerprint density at radius 2 is 2.12 bits per heavy atom. The standard InChI is InChI=1S/C11H19N5O/c1-15(2)6-7-16(3)11(17)9-4-5-13-10(8-9)14-12/h4-5,8H,6-7,12H2,1-3H3,(H,13,14). The van der Waals surface area contributed by atoms with Crippen molar-refractivity contribution in [3.05, 3.63) is 23.9 Å². The first kappa shape index (κ1) is 13.4. The first-order valence-corrected chi connectivity index (χ1v) is 5.37. The molecule has 0 fully saturated rings. The molecule has 0 radical (unpaired) electrons. The fraction of sp³-hybridized carbons (Fsp3) is 0.455. The fourth-order valence-electron chi connectivity index (χ4n) is 1.31. The Kier molecular flexibility index (Phi) is 4.86. The van der Waals surface area contributed by atoms with Gasteiger partial charge >= 0.3 is 0 Å². The lowest BCUT2D eigenvalue weighted by Gasteiger charge is -2.19. The number of carbonyl (C=O) groups is 1. The van der Waals surface area contributed by atoms with Crippen molar-refractivity contribution < 1.29 is 4.79 Å². The first-order chi connectivity index (χ1) is 8.04. The summed E-state index contributed by atoms with van der Waals surface area (Å²) in [6.07, 6.45) is 1.56. The van der Waals surface area contributed by atoms with Gasteiger partial charge in [-0.1, -0.05) is 0 Å². The SMILES string of the molecule is CN(C)CCN(C)C(=O)c1ccnc(NN)c1. The average molecular weight is 237 g/mol. The third kappa shape index (κ3) is 4.01. The molecule has 1 aromatic rings. The second-order valence-electron chi connectivity index (χ2n) is 4.10. The number of amides is 1. The van der Waals surface area contributed by atoms with Gasteiger partial charge in [0.15, 0.2) is 0 Å². The summed E-state index contributed by atoms with van der Waals surface area (Å²) in [7, 11) is 5.73. The van der Waals surface area contributed by atoms with E-state index < -0.39 is 0 Å². The Balaban J connectivity index is 2.67. The molecule has 0 atom stereocenters. The summed E-state index contributed by atoms with van der Waals surface area (Å²) < 4.78 is 0. The smallest absolute Gasteiger partial charge is 0.253 e. The van der Waals surface area contributed by atoms with Gasteiger partial charge in [0.1, 0.15) is 5.82 Å². The van der Waals surface area contributed by atoms with E-state index in [1.807, 2.05) is 19.0 Å². The number of hydrazine groups is 1. The second kappa shape index (κ2) is 6.17. The topological polar surface area (TPSA) is 74.5 Å². The maximum atomic E-state index is 12.0. The number of hydrogen-bond donors (Lipinski definition) is 2. The number of likely N-dealkylation sites (N-methyl/N-ethyl adjacent to an activating group) is 2. The number of hydrogen-bond acceptors (Lipinski definition) is 5. The number of aromatic nitrogens is 1. The quantitative estimate of drug-likeness (QED) is 0.557. The fourth-order valence-corrected chi connectivity index (χ4v) is 1.31. The summed E-state index contributed by atoms with van der Waals surface area (Å²) in [5.41, 5.74) is 3.00. The average Bonchev–Trinajstić information content (AvgIpc) is 2.35. The van der Waals surface area contributed by atoms with Gasteiger partial charge in [0.05, 0.1) is 0 Å². The van der Waals surface area contributed by atoms with Crippen molar-refractivity contribution in [2.75, 3.05) is 39.7 Å². The minimum atomic E-state index is -0.0363. The number of nitrogens with zero attached hydrogens (tertiary/aromatic N) is 3. The van der Waals surface area contributed by atoms with Gasteiger partial charge in [-0.15, -0.1) is 0 Å². The number of nitrogens with two attached hydrogens (primary N) is 1. The van der Waals surface area contributed by atoms with E-state index in [0.717, 1.165) is 6.54 Å². The lowest BCUT2D eigenvalue weighted by molar-refractivity contribution is 0.0786. The van der Waals surface area contributed by atoms with E-state index in [-0.39, 0.29) is 5.91 Å². The van der Waals surface area contributed by atoms with Crippen molar-refractivity contribution in [1.82, 2.24) is 14.8 Å². The molecule has 0 unspecified atom stereocenters. The predicted molar refractivity (Wildman–Crippen MR) is 67.6 cm³/mol. The van der Waals surface area contributed by atoms with E-state index in [1.54, 1.807) is 30.3 Å². The number of nitrogens with one attached hydrogen (secondary N) is 1. The molecule has 6 heteroatoms. The Bertz CT molecular complexity index is 380. The van der Waals surface area contributed by atoms with Gasteiger partial charge in [-0.05, 0) is 26.2 Å². The van der Waals surface area contributed by atoms with E-state index in [4.69, 9.17) is 5.84 Å². The van der Waals surface area contributed by atoms with Crippen molar-refractivity contribution in [1.29, 1.82) is 0 Å². The molecule has 1 heterocycles. The Morgan fingerprint density at radius 1 is 1.41 bits per heavy atom. The Morgan fingerprint density at radius 3 is 2.71 bits per heavy atom. The van der Waals surface area contributed by atoms with E-state index in [0.29, 0.717) is 17.9 Å². The van der Waals surface area contributed by atoms with Crippen molar-refractivity contribution in [2.45, 2.75) is 0 Å². The molecule has 94 valence electrons. The van der Waals surface area contributed by atoms with Crippen molar-refractivity contribution in [3.8, 4) is 0 Å². The van der Waals surface area contributed by atoms with E-state index >= 15 is 0 Å². The largest absolute Gasteiger partial charge is 0.340 e. The van der Waals surface area contributed by atoms with Crippen molar-refractivity contribution in [3.63, 3.8) is 0 Å². The summed E-state index contributed by atoms with van der Waals surface area (Å²) >= 11 is 0. The molecule has 0 aliphatic carbocycles. The molecule has 0 aliphatic heterocycles. The van der Waals surface area contributed by atoms with Crippen LogP contribution in [-0.4, -0.2) is 54.9 Å². The minimum absolute atomic E-state index is 0.0363. The molecule has 1 amide bonds. The van der Waals surface area contributed by atoms with Crippen LogP contribution in [0.5, 0.6) is 0 Å².